The van der Waals surface area contributed by atoms with Crippen LogP contribution in [-0.2, 0) is 17.8 Å². The zero-order valence-electron chi connectivity index (χ0n) is 12.7. The van der Waals surface area contributed by atoms with Gasteiger partial charge in [-0.05, 0) is 18.1 Å². The summed E-state index contributed by atoms with van der Waals surface area (Å²) >= 11 is 0. The number of carbonyl (C=O) groups is 1. The number of para-hydroxylation sites is 1. The van der Waals surface area contributed by atoms with E-state index in [4.69, 9.17) is 0 Å². The first-order valence-corrected chi connectivity index (χ1v) is 7.00. The van der Waals surface area contributed by atoms with Crippen molar-refractivity contribution >= 4 is 11.6 Å². The average molecular weight is 298 g/mol. The van der Waals surface area contributed by atoms with E-state index in [1.165, 1.54) is 6.07 Å². The van der Waals surface area contributed by atoms with E-state index in [1.54, 1.807) is 30.1 Å². The summed E-state index contributed by atoms with van der Waals surface area (Å²) in [5.74, 6) is -0.141. The van der Waals surface area contributed by atoms with Crippen LogP contribution in [0.15, 0.2) is 48.5 Å². The smallest absolute Gasteiger partial charge is 0.273 e. The fourth-order valence-corrected chi connectivity index (χ4v) is 2.27. The highest BCUT2D eigenvalue weighted by Gasteiger charge is 2.18. The van der Waals surface area contributed by atoms with Crippen LogP contribution in [0.4, 0.5) is 5.69 Å². The highest BCUT2D eigenvalue weighted by Crippen LogP contribution is 2.19. The second-order valence-electron chi connectivity index (χ2n) is 5.24. The summed E-state index contributed by atoms with van der Waals surface area (Å²) < 4.78 is 0. The van der Waals surface area contributed by atoms with Crippen LogP contribution in [0.3, 0.4) is 0 Å². The van der Waals surface area contributed by atoms with Gasteiger partial charge in [0.05, 0.1) is 11.3 Å². The highest BCUT2D eigenvalue weighted by molar-refractivity contribution is 5.79. The van der Waals surface area contributed by atoms with Crippen LogP contribution in [0.2, 0.25) is 0 Å². The predicted molar refractivity (Wildman–Crippen MR) is 84.5 cm³/mol. The maximum atomic E-state index is 12.3. The lowest BCUT2D eigenvalue weighted by atomic mass is 10.1. The fraction of sp³-hybridized carbons (Fsp3) is 0.235. The first kappa shape index (κ1) is 15.7. The Labute approximate surface area is 129 Å². The number of likely N-dealkylation sites (N-methyl/N-ethyl adjacent to an activating group) is 1. The molecule has 0 radical (unpaired) electrons. The molecular formula is C17H18N2O3. The molecule has 0 aliphatic carbocycles. The molecule has 0 saturated carbocycles. The lowest BCUT2D eigenvalue weighted by molar-refractivity contribution is -0.385. The molecule has 2 rings (SSSR count). The van der Waals surface area contributed by atoms with E-state index >= 15 is 0 Å². The Hall–Kier alpha value is -2.69. The molecule has 0 N–H and O–H groups in total. The number of amides is 1. The fourth-order valence-electron chi connectivity index (χ4n) is 2.27. The molecule has 5 nitrogen and oxygen atoms in total. The number of nitro benzene ring substituents is 1. The maximum Gasteiger partial charge on any atom is 0.273 e. The third-order valence-electron chi connectivity index (χ3n) is 3.62. The lowest BCUT2D eigenvalue weighted by Gasteiger charge is -2.18. The number of carbonyl (C=O) groups excluding carboxylic acids is 1. The normalized spacial score (nSPS) is 10.3. The largest absolute Gasteiger partial charge is 0.341 e. The maximum absolute atomic E-state index is 12.3. The number of hydrogen-bond acceptors (Lipinski definition) is 3. The zero-order valence-corrected chi connectivity index (χ0v) is 12.7. The number of nitro groups is 1. The standard InChI is InChI=1S/C17H18N2O3/c1-13-7-3-4-9-15(13)12-18(2)17(20)11-14-8-5-6-10-16(14)19(21)22/h3-10H,11-12H2,1-2H3. The Morgan fingerprint density at radius 3 is 2.32 bits per heavy atom. The van der Waals surface area contributed by atoms with Crippen molar-refractivity contribution < 1.29 is 9.72 Å². The molecular weight excluding hydrogens is 280 g/mol. The number of rotatable bonds is 5. The molecule has 0 aliphatic rings. The van der Waals surface area contributed by atoms with Gasteiger partial charge in [0.25, 0.3) is 5.69 Å². The molecule has 0 atom stereocenters. The van der Waals surface area contributed by atoms with Gasteiger partial charge in [0.15, 0.2) is 0 Å². The molecule has 22 heavy (non-hydrogen) atoms. The first-order chi connectivity index (χ1) is 10.5. The molecule has 0 spiro atoms. The molecule has 2 aromatic carbocycles. The Morgan fingerprint density at radius 2 is 1.68 bits per heavy atom. The minimum Gasteiger partial charge on any atom is -0.341 e. The van der Waals surface area contributed by atoms with Gasteiger partial charge in [-0.1, -0.05) is 42.5 Å². The average Bonchev–Trinajstić information content (AvgIpc) is 2.49. The van der Waals surface area contributed by atoms with Crippen LogP contribution in [0, 0.1) is 17.0 Å². The lowest BCUT2D eigenvalue weighted by Crippen LogP contribution is -2.28. The van der Waals surface area contributed by atoms with Crippen molar-refractivity contribution in [1.29, 1.82) is 0 Å². The molecule has 1 amide bonds. The third kappa shape index (κ3) is 3.69. The molecule has 2 aromatic rings. The SMILES string of the molecule is Cc1ccccc1CN(C)C(=O)Cc1ccccc1[N+](=O)[O-]. The van der Waals surface area contributed by atoms with E-state index in [-0.39, 0.29) is 18.0 Å². The third-order valence-corrected chi connectivity index (χ3v) is 3.62. The first-order valence-electron chi connectivity index (χ1n) is 7.00. The minimum absolute atomic E-state index is 0.0138. The highest BCUT2D eigenvalue weighted by atomic mass is 16.6. The molecule has 0 aromatic heterocycles. The summed E-state index contributed by atoms with van der Waals surface area (Å²) in [6.45, 7) is 2.49. The molecule has 0 unspecified atom stereocenters. The van der Waals surface area contributed by atoms with Crippen LogP contribution < -0.4 is 0 Å². The Bertz CT molecular complexity index is 698. The van der Waals surface area contributed by atoms with Gasteiger partial charge in [0, 0.05) is 25.2 Å². The van der Waals surface area contributed by atoms with Gasteiger partial charge in [-0.2, -0.15) is 0 Å². The topological polar surface area (TPSA) is 63.5 Å². The molecule has 114 valence electrons. The van der Waals surface area contributed by atoms with Crippen molar-refractivity contribution in [2.45, 2.75) is 19.9 Å². The number of nitrogens with zero attached hydrogens (tertiary/aromatic N) is 2. The second kappa shape index (κ2) is 6.85. The van der Waals surface area contributed by atoms with Crippen molar-refractivity contribution in [3.63, 3.8) is 0 Å². The van der Waals surface area contributed by atoms with E-state index in [0.717, 1.165) is 11.1 Å². The van der Waals surface area contributed by atoms with E-state index in [0.29, 0.717) is 12.1 Å². The summed E-state index contributed by atoms with van der Waals surface area (Å²) in [6, 6.07) is 14.2. The summed E-state index contributed by atoms with van der Waals surface area (Å²) in [6.07, 6.45) is 0.0273. The van der Waals surface area contributed by atoms with Crippen LogP contribution in [0.25, 0.3) is 0 Å². The van der Waals surface area contributed by atoms with E-state index < -0.39 is 4.92 Å². The van der Waals surface area contributed by atoms with Gasteiger partial charge < -0.3 is 4.90 Å². The summed E-state index contributed by atoms with van der Waals surface area (Å²) in [5, 5.41) is 11.0. The number of hydrogen-bond donors (Lipinski definition) is 0. The van der Waals surface area contributed by atoms with Crippen molar-refractivity contribution in [1.82, 2.24) is 4.90 Å². The van der Waals surface area contributed by atoms with Crippen molar-refractivity contribution in [3.05, 3.63) is 75.3 Å². The Kier molecular flexibility index (Phi) is 4.88. The van der Waals surface area contributed by atoms with Crippen molar-refractivity contribution in [2.24, 2.45) is 0 Å². The van der Waals surface area contributed by atoms with E-state index in [9.17, 15) is 14.9 Å². The van der Waals surface area contributed by atoms with Crippen molar-refractivity contribution in [2.75, 3.05) is 7.05 Å². The zero-order chi connectivity index (χ0) is 16.1. The summed E-state index contributed by atoms with van der Waals surface area (Å²) in [5.41, 5.74) is 2.61. The molecule has 0 fully saturated rings. The summed E-state index contributed by atoms with van der Waals surface area (Å²) in [7, 11) is 1.71. The Balaban J connectivity index is 2.09. The second-order valence-corrected chi connectivity index (χ2v) is 5.24. The van der Waals surface area contributed by atoms with Gasteiger partial charge in [-0.3, -0.25) is 14.9 Å². The molecule has 0 saturated heterocycles. The van der Waals surface area contributed by atoms with Crippen LogP contribution in [-0.4, -0.2) is 22.8 Å². The monoisotopic (exact) mass is 298 g/mol. The van der Waals surface area contributed by atoms with Gasteiger partial charge in [-0.25, -0.2) is 0 Å². The van der Waals surface area contributed by atoms with Crippen LogP contribution in [0.5, 0.6) is 0 Å². The predicted octanol–water partition coefficient (Wildman–Crippen LogP) is 3.10. The van der Waals surface area contributed by atoms with Crippen LogP contribution in [0.1, 0.15) is 16.7 Å². The molecule has 0 aliphatic heterocycles. The van der Waals surface area contributed by atoms with Crippen molar-refractivity contribution in [3.8, 4) is 0 Å². The summed E-state index contributed by atoms with van der Waals surface area (Å²) in [4.78, 5) is 24.4. The number of benzene rings is 2. The molecule has 0 bridgehead atoms. The van der Waals surface area contributed by atoms with Gasteiger partial charge >= 0.3 is 0 Å². The van der Waals surface area contributed by atoms with Gasteiger partial charge in [-0.15, -0.1) is 0 Å². The molecule has 5 heteroatoms. The van der Waals surface area contributed by atoms with Crippen LogP contribution >= 0.6 is 0 Å². The number of aryl methyl sites for hydroxylation is 1. The Morgan fingerprint density at radius 1 is 1.09 bits per heavy atom. The molecule has 0 heterocycles. The van der Waals surface area contributed by atoms with E-state index in [2.05, 4.69) is 0 Å². The van der Waals surface area contributed by atoms with Gasteiger partial charge in [0.2, 0.25) is 5.91 Å². The quantitative estimate of drug-likeness (QED) is 0.629. The van der Waals surface area contributed by atoms with E-state index in [1.807, 2.05) is 31.2 Å². The minimum atomic E-state index is -0.454. The van der Waals surface area contributed by atoms with Gasteiger partial charge in [0.1, 0.15) is 0 Å².